The van der Waals surface area contributed by atoms with Gasteiger partial charge in [-0.1, -0.05) is 6.58 Å². The maximum absolute atomic E-state index is 11.6. The van der Waals surface area contributed by atoms with Crippen LogP contribution in [0.4, 0.5) is 5.69 Å². The number of hydrogen-bond acceptors (Lipinski definition) is 5. The summed E-state index contributed by atoms with van der Waals surface area (Å²) in [5.41, 5.74) is -0.408. The lowest BCUT2D eigenvalue weighted by molar-refractivity contribution is -0.388. The molecule has 1 heterocycles. The van der Waals surface area contributed by atoms with Crippen molar-refractivity contribution in [2.45, 2.75) is 25.4 Å². The van der Waals surface area contributed by atoms with Gasteiger partial charge in [-0.15, -0.1) is 0 Å². The summed E-state index contributed by atoms with van der Waals surface area (Å²) in [5, 5.41) is 14.9. The van der Waals surface area contributed by atoms with Crippen molar-refractivity contribution in [3.8, 4) is 0 Å². The molecule has 0 saturated heterocycles. The molecule has 1 aromatic heterocycles. The van der Waals surface area contributed by atoms with E-state index in [2.05, 4.69) is 11.7 Å². The third kappa shape index (κ3) is 1.83. The number of aromatic nitrogens is 2. The zero-order chi connectivity index (χ0) is 12.5. The number of sulfone groups is 1. The van der Waals surface area contributed by atoms with Crippen LogP contribution in [-0.2, 0) is 16.4 Å². The number of rotatable bonds is 4. The Morgan fingerprint density at radius 2 is 2.19 bits per heavy atom. The molecule has 0 radical (unpaired) electrons. The van der Waals surface area contributed by atoms with Crippen molar-refractivity contribution in [3.63, 3.8) is 0 Å². The summed E-state index contributed by atoms with van der Waals surface area (Å²) in [6.07, 6.45) is 0. The average Bonchev–Trinajstić information content (AvgIpc) is 2.55. The molecule has 0 unspecified atom stereocenters. The molecule has 7 nitrogen and oxygen atoms in total. The Balaban J connectivity index is 3.70. The van der Waals surface area contributed by atoms with Crippen LogP contribution in [0.2, 0.25) is 0 Å². The van der Waals surface area contributed by atoms with Crippen molar-refractivity contribution in [1.29, 1.82) is 0 Å². The summed E-state index contributed by atoms with van der Waals surface area (Å²) in [6.45, 7) is 6.42. The molecule has 8 heteroatoms. The van der Waals surface area contributed by atoms with Crippen LogP contribution in [0.3, 0.4) is 0 Å². The van der Waals surface area contributed by atoms with Gasteiger partial charge in [0.2, 0.25) is 14.9 Å². The van der Waals surface area contributed by atoms with E-state index < -0.39 is 25.5 Å². The molecule has 1 rings (SSSR count). The summed E-state index contributed by atoms with van der Waals surface area (Å²) in [4.78, 5) is 10.0. The van der Waals surface area contributed by atoms with Crippen molar-refractivity contribution in [2.75, 3.05) is 0 Å². The minimum atomic E-state index is -3.87. The molecule has 0 aliphatic carbocycles. The van der Waals surface area contributed by atoms with Crippen LogP contribution < -0.4 is 0 Å². The summed E-state index contributed by atoms with van der Waals surface area (Å²) in [6, 6.07) is 0. The third-order valence-corrected chi connectivity index (χ3v) is 3.40. The molecule has 16 heavy (non-hydrogen) atoms. The van der Waals surface area contributed by atoms with Crippen LogP contribution in [-0.4, -0.2) is 23.1 Å². The largest absolute Gasteiger partial charge is 0.329 e. The molecular formula is C8H11N3O4S. The summed E-state index contributed by atoms with van der Waals surface area (Å²) in [5.74, 6) is 0. The smallest absolute Gasteiger partial charge is 0.258 e. The number of nitrogens with zero attached hydrogens (tertiary/aromatic N) is 3. The van der Waals surface area contributed by atoms with Crippen LogP contribution in [0.15, 0.2) is 17.0 Å². The highest BCUT2D eigenvalue weighted by Gasteiger charge is 2.32. The van der Waals surface area contributed by atoms with E-state index in [0.717, 1.165) is 4.68 Å². The van der Waals surface area contributed by atoms with E-state index in [4.69, 9.17) is 0 Å². The van der Waals surface area contributed by atoms with Gasteiger partial charge >= 0.3 is 5.69 Å². The average molecular weight is 245 g/mol. The number of aryl methyl sites for hydroxylation is 2. The summed E-state index contributed by atoms with van der Waals surface area (Å²) in [7, 11) is -3.87. The molecule has 0 aromatic carbocycles. The summed E-state index contributed by atoms with van der Waals surface area (Å²) >= 11 is 0. The van der Waals surface area contributed by atoms with Crippen LogP contribution in [0.5, 0.6) is 0 Å². The molecule has 0 amide bonds. The predicted octanol–water partition coefficient (Wildman–Crippen LogP) is 1.04. The fourth-order valence-corrected chi connectivity index (χ4v) is 2.45. The lowest BCUT2D eigenvalue weighted by Crippen LogP contribution is -2.09. The Bertz CT molecular complexity index is 544. The Labute approximate surface area is 92.5 Å². The van der Waals surface area contributed by atoms with Crippen molar-refractivity contribution in [1.82, 2.24) is 9.78 Å². The standard InChI is InChI=1S/C8H11N3O4S/c1-4-10-8(16(14,15)5-2)7(11(12)13)6(3)9-10/h5H,2,4H2,1,3H3. The molecule has 0 bridgehead atoms. The lowest BCUT2D eigenvalue weighted by Gasteiger charge is -2.00. The highest BCUT2D eigenvalue weighted by Crippen LogP contribution is 2.28. The van der Waals surface area contributed by atoms with Gasteiger partial charge in [0.25, 0.3) is 0 Å². The normalized spacial score (nSPS) is 11.4. The molecule has 0 aliphatic rings. The Morgan fingerprint density at radius 1 is 1.62 bits per heavy atom. The zero-order valence-electron chi connectivity index (χ0n) is 8.87. The first-order valence-corrected chi connectivity index (χ1v) is 5.99. The summed E-state index contributed by atoms with van der Waals surface area (Å²) < 4.78 is 24.4. The molecule has 0 saturated carbocycles. The molecule has 0 spiro atoms. The van der Waals surface area contributed by atoms with Crippen LogP contribution in [0, 0.1) is 17.0 Å². The monoisotopic (exact) mass is 245 g/mol. The minimum Gasteiger partial charge on any atom is -0.258 e. The van der Waals surface area contributed by atoms with Crippen LogP contribution in [0.25, 0.3) is 0 Å². The second-order valence-electron chi connectivity index (χ2n) is 3.02. The molecule has 88 valence electrons. The first-order valence-electron chi connectivity index (χ1n) is 4.44. The highest BCUT2D eigenvalue weighted by atomic mass is 32.2. The van der Waals surface area contributed by atoms with E-state index in [1.165, 1.54) is 6.92 Å². The quantitative estimate of drug-likeness (QED) is 0.583. The SMILES string of the molecule is C=CS(=O)(=O)c1c([N+](=O)[O-])c(C)nn1CC. The fourth-order valence-electron chi connectivity index (χ4n) is 1.34. The van der Waals surface area contributed by atoms with E-state index >= 15 is 0 Å². The van der Waals surface area contributed by atoms with Gasteiger partial charge in [-0.3, -0.25) is 10.1 Å². The van der Waals surface area contributed by atoms with Crippen molar-refractivity contribution in [2.24, 2.45) is 0 Å². The van der Waals surface area contributed by atoms with Crippen LogP contribution in [0.1, 0.15) is 12.6 Å². The molecule has 0 atom stereocenters. The Kier molecular flexibility index (Phi) is 3.13. The highest BCUT2D eigenvalue weighted by molar-refractivity contribution is 7.94. The molecule has 0 fully saturated rings. The van der Waals surface area contributed by atoms with E-state index in [0.29, 0.717) is 5.41 Å². The molecule has 0 N–H and O–H groups in total. The maximum atomic E-state index is 11.6. The van der Waals surface area contributed by atoms with E-state index in [-0.39, 0.29) is 12.2 Å². The lowest BCUT2D eigenvalue weighted by atomic mass is 10.4. The second kappa shape index (κ2) is 4.05. The first kappa shape index (κ1) is 12.4. The van der Waals surface area contributed by atoms with Gasteiger partial charge in [-0.25, -0.2) is 13.1 Å². The van der Waals surface area contributed by atoms with Crippen molar-refractivity contribution in [3.05, 3.63) is 27.8 Å². The topological polar surface area (TPSA) is 95.1 Å². The van der Waals surface area contributed by atoms with Gasteiger partial charge < -0.3 is 0 Å². The first-order chi connectivity index (χ1) is 7.35. The Morgan fingerprint density at radius 3 is 2.56 bits per heavy atom. The second-order valence-corrected chi connectivity index (χ2v) is 4.83. The predicted molar refractivity (Wildman–Crippen MR) is 56.7 cm³/mol. The van der Waals surface area contributed by atoms with Gasteiger partial charge in [0.15, 0.2) is 0 Å². The number of hydrogen-bond donors (Lipinski definition) is 0. The fraction of sp³-hybridized carbons (Fsp3) is 0.375. The Hall–Kier alpha value is -1.70. The van der Waals surface area contributed by atoms with Gasteiger partial charge in [-0.05, 0) is 13.8 Å². The molecule has 0 aliphatic heterocycles. The molecule has 1 aromatic rings. The van der Waals surface area contributed by atoms with E-state index in [9.17, 15) is 18.5 Å². The zero-order valence-corrected chi connectivity index (χ0v) is 9.69. The number of nitro groups is 1. The van der Waals surface area contributed by atoms with Gasteiger partial charge in [0.1, 0.15) is 5.69 Å². The third-order valence-electron chi connectivity index (χ3n) is 2.02. The van der Waals surface area contributed by atoms with Gasteiger partial charge in [-0.2, -0.15) is 5.10 Å². The van der Waals surface area contributed by atoms with Gasteiger partial charge in [0, 0.05) is 12.0 Å². The van der Waals surface area contributed by atoms with E-state index in [1.807, 2.05) is 0 Å². The van der Waals surface area contributed by atoms with E-state index in [1.54, 1.807) is 6.92 Å². The van der Waals surface area contributed by atoms with Crippen LogP contribution >= 0.6 is 0 Å². The minimum absolute atomic E-state index is 0.0762. The van der Waals surface area contributed by atoms with Gasteiger partial charge in [0.05, 0.1) is 4.92 Å². The van der Waals surface area contributed by atoms with Crippen molar-refractivity contribution >= 4 is 15.5 Å². The maximum Gasteiger partial charge on any atom is 0.329 e. The molecular weight excluding hydrogens is 234 g/mol. The van der Waals surface area contributed by atoms with Crippen molar-refractivity contribution < 1.29 is 13.3 Å².